The lowest BCUT2D eigenvalue weighted by atomic mass is 10.2. The van der Waals surface area contributed by atoms with Crippen LogP contribution in [-0.2, 0) is 11.4 Å². The number of urea groups is 1. The molecule has 150 valence electrons. The Kier molecular flexibility index (Phi) is 5.93. The zero-order valence-electron chi connectivity index (χ0n) is 16.8. The highest BCUT2D eigenvalue weighted by atomic mass is 16.7. The van der Waals surface area contributed by atoms with E-state index < -0.39 is 0 Å². The smallest absolute Gasteiger partial charge is 0.341 e. The van der Waals surface area contributed by atoms with E-state index in [0.717, 1.165) is 41.8 Å². The Morgan fingerprint density at radius 2 is 2.11 bits per heavy atom. The fourth-order valence-corrected chi connectivity index (χ4v) is 3.23. The number of pyridine rings is 2. The van der Waals surface area contributed by atoms with E-state index >= 15 is 0 Å². The standard InChI is InChI=1S/C19H27N7O2/c1-12(2)22-19(27)26(28-4)11-6-5-10-25-13(3)23-16-17(25)15-14(24-18(16)20)8-7-9-21-15/h7-9,12H,5-6,10-11H2,1-4H3,(H2,20,24)(H,22,27). The first-order chi connectivity index (χ1) is 13.4. The van der Waals surface area contributed by atoms with Gasteiger partial charge in [0.15, 0.2) is 5.82 Å². The summed E-state index contributed by atoms with van der Waals surface area (Å²) in [7, 11) is 1.50. The van der Waals surface area contributed by atoms with Crippen LogP contribution in [0.3, 0.4) is 0 Å². The van der Waals surface area contributed by atoms with Gasteiger partial charge in [-0.05, 0) is 45.7 Å². The van der Waals surface area contributed by atoms with Crippen molar-refractivity contribution in [2.75, 3.05) is 19.4 Å². The van der Waals surface area contributed by atoms with E-state index in [1.54, 1.807) is 6.20 Å². The third kappa shape index (κ3) is 3.99. The number of hydrogen-bond acceptors (Lipinski definition) is 6. The van der Waals surface area contributed by atoms with Crippen molar-refractivity contribution in [1.29, 1.82) is 0 Å². The number of nitrogens with one attached hydrogen (secondary N) is 1. The molecule has 0 aromatic carbocycles. The highest BCUT2D eigenvalue weighted by molar-refractivity contribution is 6.04. The minimum Gasteiger partial charge on any atom is -0.382 e. The predicted molar refractivity (Wildman–Crippen MR) is 109 cm³/mol. The number of nitrogens with two attached hydrogens (primary N) is 1. The maximum atomic E-state index is 12.1. The Hall–Kier alpha value is -2.94. The molecule has 0 bridgehead atoms. The topological polar surface area (TPSA) is 111 Å². The number of nitrogens with zero attached hydrogens (tertiary/aromatic N) is 5. The molecule has 3 rings (SSSR count). The molecule has 3 aromatic heterocycles. The number of amides is 2. The van der Waals surface area contributed by atoms with Crippen LogP contribution in [-0.4, -0.2) is 50.3 Å². The Morgan fingerprint density at radius 1 is 1.32 bits per heavy atom. The summed E-state index contributed by atoms with van der Waals surface area (Å²) < 4.78 is 2.12. The van der Waals surface area contributed by atoms with Gasteiger partial charge >= 0.3 is 6.03 Å². The van der Waals surface area contributed by atoms with Crippen LogP contribution >= 0.6 is 0 Å². The van der Waals surface area contributed by atoms with Crippen LogP contribution in [0.5, 0.6) is 0 Å². The van der Waals surface area contributed by atoms with Crippen LogP contribution < -0.4 is 11.1 Å². The molecular weight excluding hydrogens is 358 g/mol. The molecule has 0 unspecified atom stereocenters. The third-order valence-corrected chi connectivity index (χ3v) is 4.50. The lowest BCUT2D eigenvalue weighted by Gasteiger charge is -2.21. The van der Waals surface area contributed by atoms with Gasteiger partial charge in [-0.1, -0.05) is 0 Å². The Bertz CT molecular complexity index is 983. The number of anilines is 1. The molecule has 0 aliphatic rings. The summed E-state index contributed by atoms with van der Waals surface area (Å²) in [4.78, 5) is 30.7. The summed E-state index contributed by atoms with van der Waals surface area (Å²) in [6.07, 6.45) is 3.37. The summed E-state index contributed by atoms with van der Waals surface area (Å²) in [6.45, 7) is 7.02. The molecule has 2 amide bonds. The van der Waals surface area contributed by atoms with Gasteiger partial charge in [-0.15, -0.1) is 0 Å². The molecule has 28 heavy (non-hydrogen) atoms. The number of hydrogen-bond donors (Lipinski definition) is 2. The lowest BCUT2D eigenvalue weighted by molar-refractivity contribution is -0.0874. The maximum Gasteiger partial charge on any atom is 0.341 e. The number of carbonyl (C=O) groups excluding carboxylic acids is 1. The van der Waals surface area contributed by atoms with E-state index in [1.807, 2.05) is 32.9 Å². The van der Waals surface area contributed by atoms with Gasteiger partial charge in [0, 0.05) is 18.8 Å². The molecule has 0 aliphatic carbocycles. The average Bonchev–Trinajstić information content (AvgIpc) is 2.98. The summed E-state index contributed by atoms with van der Waals surface area (Å²) in [5.41, 5.74) is 9.24. The lowest BCUT2D eigenvalue weighted by Crippen LogP contribution is -2.42. The van der Waals surface area contributed by atoms with Crippen molar-refractivity contribution < 1.29 is 9.63 Å². The van der Waals surface area contributed by atoms with E-state index in [0.29, 0.717) is 17.9 Å². The first-order valence-electron chi connectivity index (χ1n) is 9.41. The number of rotatable bonds is 7. The van der Waals surface area contributed by atoms with Gasteiger partial charge in [-0.3, -0.25) is 9.82 Å². The van der Waals surface area contributed by atoms with Gasteiger partial charge in [-0.2, -0.15) is 0 Å². The van der Waals surface area contributed by atoms with Crippen molar-refractivity contribution in [3.63, 3.8) is 0 Å². The largest absolute Gasteiger partial charge is 0.382 e. The van der Waals surface area contributed by atoms with Crippen LogP contribution in [0.1, 0.15) is 32.5 Å². The van der Waals surface area contributed by atoms with Gasteiger partial charge < -0.3 is 15.6 Å². The van der Waals surface area contributed by atoms with Crippen LogP contribution in [0.15, 0.2) is 18.3 Å². The fourth-order valence-electron chi connectivity index (χ4n) is 3.23. The molecular formula is C19H27N7O2. The molecule has 3 heterocycles. The van der Waals surface area contributed by atoms with E-state index in [1.165, 1.54) is 12.2 Å². The van der Waals surface area contributed by atoms with Crippen molar-refractivity contribution >= 4 is 33.9 Å². The molecule has 0 saturated carbocycles. The molecule has 3 aromatic rings. The molecule has 3 N–H and O–H groups in total. The van der Waals surface area contributed by atoms with Crippen LogP contribution in [0.25, 0.3) is 22.1 Å². The molecule has 0 radical (unpaired) electrons. The minimum absolute atomic E-state index is 0.0601. The predicted octanol–water partition coefficient (Wildman–Crippen LogP) is 2.63. The van der Waals surface area contributed by atoms with Crippen molar-refractivity contribution in [2.45, 2.75) is 46.2 Å². The van der Waals surface area contributed by atoms with Gasteiger partial charge in [0.1, 0.15) is 22.4 Å². The van der Waals surface area contributed by atoms with Crippen molar-refractivity contribution in [1.82, 2.24) is 29.9 Å². The summed E-state index contributed by atoms with van der Waals surface area (Å²) in [5.74, 6) is 1.27. The number of imidazole rings is 1. The number of aryl methyl sites for hydroxylation is 2. The van der Waals surface area contributed by atoms with E-state index in [4.69, 9.17) is 10.6 Å². The number of fused-ring (bicyclic) bond motifs is 3. The minimum atomic E-state index is -0.226. The van der Waals surface area contributed by atoms with Crippen LogP contribution in [0, 0.1) is 6.92 Å². The van der Waals surface area contributed by atoms with Gasteiger partial charge in [-0.25, -0.2) is 19.8 Å². The molecule has 0 aliphatic heterocycles. The second-order valence-electron chi connectivity index (χ2n) is 6.97. The Labute approximate surface area is 163 Å². The molecule has 9 nitrogen and oxygen atoms in total. The highest BCUT2D eigenvalue weighted by Gasteiger charge is 2.17. The first kappa shape index (κ1) is 19.8. The second-order valence-corrected chi connectivity index (χ2v) is 6.97. The van der Waals surface area contributed by atoms with Gasteiger partial charge in [0.2, 0.25) is 0 Å². The quantitative estimate of drug-likeness (QED) is 0.478. The first-order valence-corrected chi connectivity index (χ1v) is 9.41. The number of aromatic nitrogens is 4. The Morgan fingerprint density at radius 3 is 2.82 bits per heavy atom. The summed E-state index contributed by atoms with van der Waals surface area (Å²) >= 11 is 0. The van der Waals surface area contributed by atoms with Crippen molar-refractivity contribution in [2.24, 2.45) is 0 Å². The summed E-state index contributed by atoms with van der Waals surface area (Å²) in [6, 6.07) is 3.57. The third-order valence-electron chi connectivity index (χ3n) is 4.50. The number of hydroxylamine groups is 2. The monoisotopic (exact) mass is 385 g/mol. The number of carbonyl (C=O) groups is 1. The Balaban J connectivity index is 1.74. The van der Waals surface area contributed by atoms with E-state index in [-0.39, 0.29) is 12.1 Å². The van der Waals surface area contributed by atoms with Crippen molar-refractivity contribution in [3.05, 3.63) is 24.2 Å². The van der Waals surface area contributed by atoms with Crippen LogP contribution in [0.4, 0.5) is 10.6 Å². The molecule has 0 atom stereocenters. The van der Waals surface area contributed by atoms with Gasteiger partial charge in [0.25, 0.3) is 0 Å². The zero-order chi connectivity index (χ0) is 20.3. The second kappa shape index (κ2) is 8.39. The maximum absolute atomic E-state index is 12.1. The van der Waals surface area contributed by atoms with Gasteiger partial charge in [0.05, 0.1) is 19.2 Å². The van der Waals surface area contributed by atoms with Crippen molar-refractivity contribution in [3.8, 4) is 0 Å². The number of unbranched alkanes of at least 4 members (excludes halogenated alkanes) is 1. The molecule has 9 heteroatoms. The molecule has 0 spiro atoms. The average molecular weight is 385 g/mol. The van der Waals surface area contributed by atoms with Crippen LogP contribution in [0.2, 0.25) is 0 Å². The highest BCUT2D eigenvalue weighted by Crippen LogP contribution is 2.27. The molecule has 0 saturated heterocycles. The normalized spacial score (nSPS) is 11.5. The SMILES string of the molecule is CON(CCCCn1c(C)nc2c(N)nc3cccnc3c21)C(=O)NC(C)C. The van der Waals surface area contributed by atoms with E-state index in [9.17, 15) is 4.79 Å². The summed E-state index contributed by atoms with van der Waals surface area (Å²) in [5, 5.41) is 4.17. The number of nitrogen functional groups attached to an aromatic ring is 1. The fraction of sp³-hybridized carbons (Fsp3) is 0.474. The van der Waals surface area contributed by atoms with E-state index in [2.05, 4.69) is 24.8 Å². The molecule has 0 fully saturated rings. The zero-order valence-corrected chi connectivity index (χ0v) is 16.8.